The normalized spacial score (nSPS) is 14.6. The van der Waals surface area contributed by atoms with Crippen LogP contribution in [0.2, 0.25) is 19.6 Å². The van der Waals surface area contributed by atoms with Gasteiger partial charge in [0.15, 0.2) is 0 Å². The van der Waals surface area contributed by atoms with Gasteiger partial charge in [-0.3, -0.25) is 0 Å². The zero-order valence-electron chi connectivity index (χ0n) is 6.52. The van der Waals surface area contributed by atoms with Crippen molar-refractivity contribution in [2.24, 2.45) is 0 Å². The van der Waals surface area contributed by atoms with Crippen LogP contribution in [0.3, 0.4) is 0 Å². The molecule has 0 rings (SSSR count). The molecule has 0 amide bonds. The zero-order chi connectivity index (χ0) is 6.08. The van der Waals surface area contributed by atoms with Gasteiger partial charge in [-0.1, -0.05) is 19.6 Å². The molecule has 1 radical (unpaired) electrons. The average molecular weight is 141 g/mol. The van der Waals surface area contributed by atoms with Crippen molar-refractivity contribution in [3.05, 3.63) is 0 Å². The van der Waals surface area contributed by atoms with Crippen molar-refractivity contribution in [3.8, 4) is 0 Å². The van der Waals surface area contributed by atoms with Crippen molar-refractivity contribution >= 4 is 37.6 Å². The number of hydrogen-bond donors (Lipinski definition) is 1. The molecule has 0 aliphatic heterocycles. The van der Waals surface area contributed by atoms with Gasteiger partial charge in [-0.15, -0.1) is 0 Å². The van der Waals surface area contributed by atoms with E-state index in [9.17, 15) is 0 Å². The van der Waals surface area contributed by atoms with Crippen molar-refractivity contribution in [2.75, 3.05) is 0 Å². The predicted octanol–water partition coefficient (Wildman–Crippen LogP) is 0.864. The summed E-state index contributed by atoms with van der Waals surface area (Å²) in [6.07, 6.45) is 0. The van der Waals surface area contributed by atoms with Gasteiger partial charge in [-0.2, -0.15) is 0 Å². The van der Waals surface area contributed by atoms with Crippen LogP contribution in [0.15, 0.2) is 0 Å². The third-order valence-electron chi connectivity index (χ3n) is 1.25. The van der Waals surface area contributed by atoms with Gasteiger partial charge in [-0.25, -0.2) is 0 Å². The Balaban J connectivity index is 0. The van der Waals surface area contributed by atoms with Crippen LogP contribution in [-0.4, -0.2) is 48.5 Å². The zero-order valence-corrected chi connectivity index (χ0v) is 9.52. The summed E-state index contributed by atoms with van der Waals surface area (Å²) in [6.45, 7) is 8.32. The van der Waals surface area contributed by atoms with Crippen molar-refractivity contribution in [1.82, 2.24) is 0 Å². The molecule has 0 heterocycles. The Bertz CT molecular complexity index is 57.9. The van der Waals surface area contributed by atoms with Gasteiger partial charge < -0.3 is 5.11 Å². The number of aliphatic hydroxyl groups is 1. The van der Waals surface area contributed by atoms with Crippen LogP contribution in [-0.2, 0) is 0 Å². The van der Waals surface area contributed by atoms with Crippen molar-refractivity contribution in [1.29, 1.82) is 0 Å². The predicted molar refractivity (Wildman–Crippen MR) is 40.8 cm³/mol. The molecule has 45 valence electrons. The average Bonchev–Trinajstić information content (AvgIpc) is 1.31. The van der Waals surface area contributed by atoms with E-state index in [-0.39, 0.29) is 35.3 Å². The van der Waals surface area contributed by atoms with Crippen molar-refractivity contribution in [3.63, 3.8) is 0 Å². The van der Waals surface area contributed by atoms with Gasteiger partial charge in [0, 0.05) is 35.3 Å². The molecule has 0 aromatic rings. The summed E-state index contributed by atoms with van der Waals surface area (Å²) in [5.41, 5.74) is -0.0625. The third-order valence-corrected chi connectivity index (χ3v) is 3.76. The SMILES string of the molecule is CC(O)[Si](C)(C)C.[Na]. The minimum atomic E-state index is -1.18. The first kappa shape index (κ1) is 11.9. The quantitative estimate of drug-likeness (QED) is 0.537. The van der Waals surface area contributed by atoms with E-state index in [1.807, 2.05) is 6.92 Å². The second-order valence-corrected chi connectivity index (χ2v) is 8.61. The molecule has 0 spiro atoms. The van der Waals surface area contributed by atoms with Gasteiger partial charge in [-0.05, 0) is 6.92 Å². The van der Waals surface area contributed by atoms with E-state index in [1.54, 1.807) is 0 Å². The molecule has 0 saturated heterocycles. The van der Waals surface area contributed by atoms with Gasteiger partial charge in [0.25, 0.3) is 0 Å². The first-order chi connectivity index (χ1) is 2.94. The number of aliphatic hydroxyl groups excluding tert-OH is 1. The Labute approximate surface area is 74.8 Å². The fraction of sp³-hybridized carbons (Fsp3) is 1.00. The van der Waals surface area contributed by atoms with Crippen LogP contribution in [0.25, 0.3) is 0 Å². The van der Waals surface area contributed by atoms with E-state index >= 15 is 0 Å². The molecule has 3 heteroatoms. The molecule has 0 aliphatic carbocycles. The fourth-order valence-corrected chi connectivity index (χ4v) is 0. The maximum atomic E-state index is 8.95. The molecular weight excluding hydrogens is 127 g/mol. The second-order valence-electron chi connectivity index (χ2n) is 3.04. The smallest absolute Gasteiger partial charge is 0.0777 e. The summed E-state index contributed by atoms with van der Waals surface area (Å²) in [5.74, 6) is 0. The van der Waals surface area contributed by atoms with E-state index in [0.717, 1.165) is 0 Å². The van der Waals surface area contributed by atoms with Crippen LogP contribution in [0.4, 0.5) is 0 Å². The topological polar surface area (TPSA) is 20.2 Å². The van der Waals surface area contributed by atoms with Gasteiger partial charge >= 0.3 is 0 Å². The Morgan fingerprint density at radius 3 is 1.38 bits per heavy atom. The van der Waals surface area contributed by atoms with Crippen LogP contribution in [0.1, 0.15) is 6.92 Å². The molecule has 0 aromatic carbocycles. The van der Waals surface area contributed by atoms with Gasteiger partial charge in [0.05, 0.1) is 8.07 Å². The van der Waals surface area contributed by atoms with E-state index in [2.05, 4.69) is 19.6 Å². The molecule has 0 aromatic heterocycles. The van der Waals surface area contributed by atoms with Crippen LogP contribution < -0.4 is 0 Å². The Hall–Kier alpha value is 1.18. The first-order valence-electron chi connectivity index (χ1n) is 2.62. The molecule has 0 bridgehead atoms. The maximum absolute atomic E-state index is 8.95. The summed E-state index contributed by atoms with van der Waals surface area (Å²) in [4.78, 5) is 0. The molecule has 1 nitrogen and oxygen atoms in total. The van der Waals surface area contributed by atoms with Crippen LogP contribution in [0.5, 0.6) is 0 Å². The summed E-state index contributed by atoms with van der Waals surface area (Å²) in [6, 6.07) is 0. The molecule has 0 saturated carbocycles. The second kappa shape index (κ2) is 4.07. The van der Waals surface area contributed by atoms with Gasteiger partial charge in [0.2, 0.25) is 0 Å². The Morgan fingerprint density at radius 2 is 1.38 bits per heavy atom. The number of hydrogen-bond acceptors (Lipinski definition) is 1. The van der Waals surface area contributed by atoms with Crippen molar-refractivity contribution in [2.45, 2.75) is 32.3 Å². The van der Waals surface area contributed by atoms with Crippen molar-refractivity contribution < 1.29 is 5.11 Å². The first-order valence-corrected chi connectivity index (χ1v) is 6.20. The monoisotopic (exact) mass is 141 g/mol. The maximum Gasteiger partial charge on any atom is 0.0777 e. The minimum Gasteiger partial charge on any atom is -0.397 e. The Kier molecular flexibility index (Phi) is 6.06. The van der Waals surface area contributed by atoms with E-state index in [4.69, 9.17) is 5.11 Å². The summed E-state index contributed by atoms with van der Waals surface area (Å²) in [7, 11) is -1.18. The van der Waals surface area contributed by atoms with Crippen LogP contribution in [0, 0.1) is 0 Å². The molecule has 1 N–H and O–H groups in total. The number of rotatable bonds is 1. The molecule has 1 unspecified atom stereocenters. The third kappa shape index (κ3) is 5.32. The summed E-state index contributed by atoms with van der Waals surface area (Å²) in [5, 5.41) is 8.95. The molecule has 8 heavy (non-hydrogen) atoms. The summed E-state index contributed by atoms with van der Waals surface area (Å²) >= 11 is 0. The Morgan fingerprint density at radius 1 is 1.25 bits per heavy atom. The van der Waals surface area contributed by atoms with Crippen LogP contribution >= 0.6 is 0 Å². The minimum absolute atomic E-state index is 0. The van der Waals surface area contributed by atoms with E-state index in [1.165, 1.54) is 0 Å². The molecular formula is C5H14NaOSi. The van der Waals surface area contributed by atoms with Gasteiger partial charge in [0.1, 0.15) is 0 Å². The standard InChI is InChI=1S/C5H14OSi.Na/c1-5(6)7(2,3)4;/h5-6H,1-4H3;. The molecule has 0 aliphatic rings. The fourth-order valence-electron chi connectivity index (χ4n) is 0. The largest absolute Gasteiger partial charge is 0.397 e. The van der Waals surface area contributed by atoms with E-state index in [0.29, 0.717) is 0 Å². The van der Waals surface area contributed by atoms with E-state index < -0.39 is 8.07 Å². The summed E-state index contributed by atoms with van der Waals surface area (Å²) < 4.78 is 0. The molecule has 1 atom stereocenters. The molecule has 0 fully saturated rings.